The molecule has 136 valence electrons. The van der Waals surface area contributed by atoms with Gasteiger partial charge in [0.15, 0.2) is 0 Å². The minimum Gasteiger partial charge on any atom is -0.469 e. The molecule has 0 amide bonds. The molecule has 0 aliphatic heterocycles. The van der Waals surface area contributed by atoms with E-state index in [1.807, 2.05) is 0 Å². The first kappa shape index (κ1) is 20.5. The van der Waals surface area contributed by atoms with Crippen molar-refractivity contribution < 1.29 is 9.53 Å². The molecule has 2 atom stereocenters. The molecule has 1 N–H and O–H groups in total. The van der Waals surface area contributed by atoms with Crippen LogP contribution in [-0.4, -0.2) is 26.2 Å². The lowest BCUT2D eigenvalue weighted by molar-refractivity contribution is -0.140. The van der Waals surface area contributed by atoms with Crippen molar-refractivity contribution in [3.05, 3.63) is 0 Å². The summed E-state index contributed by atoms with van der Waals surface area (Å²) in [6, 6.07) is 0. The maximum Gasteiger partial charge on any atom is 0.305 e. The normalized spacial score (nSPS) is 20.8. The van der Waals surface area contributed by atoms with Gasteiger partial charge < -0.3 is 10.1 Å². The van der Waals surface area contributed by atoms with Crippen molar-refractivity contribution in [2.75, 3.05) is 20.2 Å². The van der Waals surface area contributed by atoms with Gasteiger partial charge in [-0.2, -0.15) is 0 Å². The first-order valence-corrected chi connectivity index (χ1v) is 10.1. The number of esters is 1. The summed E-state index contributed by atoms with van der Waals surface area (Å²) in [5.74, 6) is 1.84. The van der Waals surface area contributed by atoms with Crippen LogP contribution in [-0.2, 0) is 9.53 Å². The zero-order chi connectivity index (χ0) is 16.8. The number of rotatable bonds is 14. The molecular weight excluding hydrogens is 286 g/mol. The summed E-state index contributed by atoms with van der Waals surface area (Å²) in [5, 5.41) is 3.68. The van der Waals surface area contributed by atoms with E-state index < -0.39 is 0 Å². The number of hydrogen-bond acceptors (Lipinski definition) is 3. The minimum atomic E-state index is -0.0747. The Morgan fingerprint density at radius 3 is 2.52 bits per heavy atom. The van der Waals surface area contributed by atoms with Crippen LogP contribution in [0.1, 0.15) is 90.4 Å². The summed E-state index contributed by atoms with van der Waals surface area (Å²) >= 11 is 0. The van der Waals surface area contributed by atoms with Crippen molar-refractivity contribution in [1.29, 1.82) is 0 Å². The van der Waals surface area contributed by atoms with E-state index in [2.05, 4.69) is 17.0 Å². The monoisotopic (exact) mass is 325 g/mol. The minimum absolute atomic E-state index is 0.0747. The highest BCUT2D eigenvalue weighted by atomic mass is 16.5. The Bertz CT molecular complexity index is 293. The average molecular weight is 326 g/mol. The van der Waals surface area contributed by atoms with Gasteiger partial charge in [-0.05, 0) is 44.2 Å². The fourth-order valence-electron chi connectivity index (χ4n) is 3.86. The number of carbonyl (C=O) groups is 1. The van der Waals surface area contributed by atoms with Gasteiger partial charge in [0.1, 0.15) is 0 Å². The van der Waals surface area contributed by atoms with E-state index in [9.17, 15) is 4.79 Å². The quantitative estimate of drug-likeness (QED) is 0.357. The molecule has 0 spiro atoms. The number of carbonyl (C=O) groups excluding carboxylic acids is 1. The number of unbranched alkanes of at least 4 members (excludes halogenated alkanes) is 6. The molecule has 0 bridgehead atoms. The van der Waals surface area contributed by atoms with Crippen LogP contribution >= 0.6 is 0 Å². The summed E-state index contributed by atoms with van der Waals surface area (Å²) in [7, 11) is 1.46. The smallest absolute Gasteiger partial charge is 0.305 e. The second kappa shape index (κ2) is 13.8. The lowest BCUT2D eigenvalue weighted by Gasteiger charge is -2.20. The second-order valence-electron chi connectivity index (χ2n) is 7.24. The molecule has 0 saturated heterocycles. The van der Waals surface area contributed by atoms with Crippen LogP contribution in [0.25, 0.3) is 0 Å². The SMILES string of the molecule is CCCCCCC1CCCC1CNCCCCCCC(=O)OC. The van der Waals surface area contributed by atoms with Crippen LogP contribution in [0, 0.1) is 11.8 Å². The van der Waals surface area contributed by atoms with Crippen LogP contribution in [0.2, 0.25) is 0 Å². The summed E-state index contributed by atoms with van der Waals surface area (Å²) in [4.78, 5) is 11.0. The van der Waals surface area contributed by atoms with Crippen LogP contribution in [0.5, 0.6) is 0 Å². The molecule has 0 radical (unpaired) electrons. The van der Waals surface area contributed by atoms with Gasteiger partial charge >= 0.3 is 5.97 Å². The predicted octanol–water partition coefficient (Wildman–Crippen LogP) is 5.09. The Morgan fingerprint density at radius 1 is 1.00 bits per heavy atom. The van der Waals surface area contributed by atoms with Crippen molar-refractivity contribution >= 4 is 5.97 Å². The summed E-state index contributed by atoms with van der Waals surface area (Å²) < 4.78 is 4.65. The maximum atomic E-state index is 11.0. The van der Waals surface area contributed by atoms with Gasteiger partial charge in [0.05, 0.1) is 7.11 Å². The summed E-state index contributed by atoms with van der Waals surface area (Å²) in [6.45, 7) is 4.65. The Balaban J connectivity index is 1.94. The van der Waals surface area contributed by atoms with Crippen LogP contribution in [0.15, 0.2) is 0 Å². The van der Waals surface area contributed by atoms with E-state index in [-0.39, 0.29) is 5.97 Å². The van der Waals surface area contributed by atoms with Gasteiger partial charge in [-0.15, -0.1) is 0 Å². The van der Waals surface area contributed by atoms with E-state index in [1.165, 1.54) is 77.9 Å². The standard InChI is InChI=1S/C20H39NO2/c1-3-4-5-8-12-18-13-11-14-19(18)17-21-16-10-7-6-9-15-20(22)23-2/h18-19,21H,3-17H2,1-2H3. The highest BCUT2D eigenvalue weighted by Gasteiger charge is 2.25. The molecule has 0 aromatic rings. The zero-order valence-electron chi connectivity index (χ0n) is 15.6. The molecule has 1 rings (SSSR count). The highest BCUT2D eigenvalue weighted by molar-refractivity contribution is 5.68. The third-order valence-electron chi connectivity index (χ3n) is 5.36. The zero-order valence-corrected chi connectivity index (χ0v) is 15.6. The fourth-order valence-corrected chi connectivity index (χ4v) is 3.86. The van der Waals surface area contributed by atoms with E-state index in [1.54, 1.807) is 0 Å². The molecule has 3 heteroatoms. The van der Waals surface area contributed by atoms with Crippen LogP contribution in [0.3, 0.4) is 0 Å². The Labute approximate surface area is 143 Å². The number of ether oxygens (including phenoxy) is 1. The van der Waals surface area contributed by atoms with Crippen molar-refractivity contribution in [1.82, 2.24) is 5.32 Å². The van der Waals surface area contributed by atoms with E-state index in [0.717, 1.165) is 31.2 Å². The third-order valence-corrected chi connectivity index (χ3v) is 5.36. The number of methoxy groups -OCH3 is 1. The largest absolute Gasteiger partial charge is 0.469 e. The van der Waals surface area contributed by atoms with Crippen LogP contribution < -0.4 is 5.32 Å². The molecule has 0 heterocycles. The lowest BCUT2D eigenvalue weighted by atomic mass is 9.90. The van der Waals surface area contributed by atoms with Crippen molar-refractivity contribution in [2.24, 2.45) is 11.8 Å². The van der Waals surface area contributed by atoms with E-state index in [0.29, 0.717) is 6.42 Å². The van der Waals surface area contributed by atoms with Crippen molar-refractivity contribution in [3.8, 4) is 0 Å². The first-order valence-electron chi connectivity index (χ1n) is 10.1. The molecular formula is C20H39NO2. The first-order chi connectivity index (χ1) is 11.3. The van der Waals surface area contributed by atoms with Gasteiger partial charge in [0.25, 0.3) is 0 Å². The molecule has 3 nitrogen and oxygen atoms in total. The molecule has 1 fully saturated rings. The van der Waals surface area contributed by atoms with Gasteiger partial charge in [0.2, 0.25) is 0 Å². The highest BCUT2D eigenvalue weighted by Crippen LogP contribution is 2.35. The molecule has 0 aromatic carbocycles. The summed E-state index contributed by atoms with van der Waals surface area (Å²) in [5.41, 5.74) is 0. The fraction of sp³-hybridized carbons (Fsp3) is 0.950. The van der Waals surface area contributed by atoms with Crippen LogP contribution in [0.4, 0.5) is 0 Å². The molecule has 1 aliphatic carbocycles. The molecule has 0 aromatic heterocycles. The molecule has 2 unspecified atom stereocenters. The van der Waals surface area contributed by atoms with Gasteiger partial charge in [-0.1, -0.05) is 64.7 Å². The van der Waals surface area contributed by atoms with Crippen molar-refractivity contribution in [2.45, 2.75) is 90.4 Å². The number of hydrogen-bond donors (Lipinski definition) is 1. The topological polar surface area (TPSA) is 38.3 Å². The lowest BCUT2D eigenvalue weighted by Crippen LogP contribution is -2.26. The number of nitrogens with one attached hydrogen (secondary N) is 1. The maximum absolute atomic E-state index is 11.0. The van der Waals surface area contributed by atoms with E-state index in [4.69, 9.17) is 0 Å². The molecule has 1 saturated carbocycles. The molecule has 23 heavy (non-hydrogen) atoms. The average Bonchev–Trinajstić information content (AvgIpc) is 3.01. The predicted molar refractivity (Wildman–Crippen MR) is 97.6 cm³/mol. The van der Waals surface area contributed by atoms with Gasteiger partial charge in [-0.3, -0.25) is 4.79 Å². The Kier molecular flexibility index (Phi) is 12.3. The van der Waals surface area contributed by atoms with Gasteiger partial charge in [-0.25, -0.2) is 0 Å². The Hall–Kier alpha value is -0.570. The molecule has 1 aliphatic rings. The third kappa shape index (κ3) is 10.0. The second-order valence-corrected chi connectivity index (χ2v) is 7.24. The van der Waals surface area contributed by atoms with Gasteiger partial charge in [0, 0.05) is 6.42 Å². The summed E-state index contributed by atoms with van der Waals surface area (Å²) in [6.07, 6.45) is 16.6. The van der Waals surface area contributed by atoms with E-state index >= 15 is 0 Å². The Morgan fingerprint density at radius 2 is 1.74 bits per heavy atom. The van der Waals surface area contributed by atoms with Crippen molar-refractivity contribution in [3.63, 3.8) is 0 Å².